The van der Waals surface area contributed by atoms with Crippen molar-refractivity contribution >= 4 is 11.6 Å². The first kappa shape index (κ1) is 14.0. The van der Waals surface area contributed by atoms with Crippen molar-refractivity contribution in [2.75, 3.05) is 5.32 Å². The molecular formula is C15H17N3O2. The average Bonchev–Trinajstić information content (AvgIpc) is 2.49. The van der Waals surface area contributed by atoms with E-state index in [0.717, 1.165) is 5.56 Å². The van der Waals surface area contributed by atoms with E-state index < -0.39 is 6.04 Å². The zero-order valence-corrected chi connectivity index (χ0v) is 11.2. The highest BCUT2D eigenvalue weighted by Crippen LogP contribution is 2.12. The molecule has 1 amide bonds. The molecule has 0 spiro atoms. The normalized spacial score (nSPS) is 11.9. The van der Waals surface area contributed by atoms with E-state index in [0.29, 0.717) is 12.2 Å². The lowest BCUT2D eigenvalue weighted by Crippen LogP contribution is -2.28. The van der Waals surface area contributed by atoms with Crippen LogP contribution in [-0.4, -0.2) is 10.5 Å². The Kier molecular flexibility index (Phi) is 4.32. The Labute approximate surface area is 117 Å². The number of aromatic nitrogens is 1. The van der Waals surface area contributed by atoms with Gasteiger partial charge in [-0.05, 0) is 18.6 Å². The van der Waals surface area contributed by atoms with Gasteiger partial charge < -0.3 is 15.6 Å². The molecule has 104 valence electrons. The molecule has 0 radical (unpaired) electrons. The predicted molar refractivity (Wildman–Crippen MR) is 78.4 cm³/mol. The number of carbonyl (C=O) groups is 1. The first-order valence-electron chi connectivity index (χ1n) is 6.43. The van der Waals surface area contributed by atoms with Gasteiger partial charge in [-0.25, -0.2) is 0 Å². The van der Waals surface area contributed by atoms with Crippen LogP contribution < -0.4 is 16.6 Å². The molecule has 2 aromatic rings. The Balaban J connectivity index is 2.14. The van der Waals surface area contributed by atoms with E-state index in [-0.39, 0.29) is 11.5 Å². The summed E-state index contributed by atoms with van der Waals surface area (Å²) in [6.45, 7) is 2.41. The quantitative estimate of drug-likeness (QED) is 0.884. The second-order valence-electron chi connectivity index (χ2n) is 4.42. The van der Waals surface area contributed by atoms with Crippen LogP contribution in [0, 0.1) is 0 Å². The van der Waals surface area contributed by atoms with Crippen LogP contribution in [0.5, 0.6) is 0 Å². The van der Waals surface area contributed by atoms with Crippen molar-refractivity contribution in [2.45, 2.75) is 19.5 Å². The molecule has 1 heterocycles. The summed E-state index contributed by atoms with van der Waals surface area (Å²) < 4.78 is 1.52. The summed E-state index contributed by atoms with van der Waals surface area (Å²) in [7, 11) is 0. The molecule has 5 heteroatoms. The number of nitrogens with one attached hydrogen (secondary N) is 1. The minimum atomic E-state index is -0.738. The lowest BCUT2D eigenvalue weighted by molar-refractivity contribution is -0.117. The Morgan fingerprint density at radius 2 is 1.95 bits per heavy atom. The number of anilines is 1. The third kappa shape index (κ3) is 3.13. The molecule has 2 rings (SSSR count). The fourth-order valence-electron chi connectivity index (χ4n) is 1.88. The third-order valence-corrected chi connectivity index (χ3v) is 3.03. The van der Waals surface area contributed by atoms with Gasteiger partial charge in [0.15, 0.2) is 0 Å². The largest absolute Gasteiger partial charge is 0.323 e. The monoisotopic (exact) mass is 271 g/mol. The second-order valence-corrected chi connectivity index (χ2v) is 4.42. The number of benzene rings is 1. The highest BCUT2D eigenvalue weighted by atomic mass is 16.2. The van der Waals surface area contributed by atoms with E-state index in [1.807, 2.05) is 25.1 Å². The van der Waals surface area contributed by atoms with Crippen molar-refractivity contribution in [1.29, 1.82) is 0 Å². The summed E-state index contributed by atoms with van der Waals surface area (Å²) >= 11 is 0. The average molecular weight is 271 g/mol. The molecule has 0 aliphatic carbocycles. The summed E-state index contributed by atoms with van der Waals surface area (Å²) in [5, 5.41) is 2.72. The molecule has 0 unspecified atom stereocenters. The van der Waals surface area contributed by atoms with Crippen molar-refractivity contribution in [1.82, 2.24) is 4.57 Å². The Morgan fingerprint density at radius 3 is 2.60 bits per heavy atom. The second kappa shape index (κ2) is 6.16. The molecule has 0 aliphatic rings. The van der Waals surface area contributed by atoms with Gasteiger partial charge in [0.05, 0.1) is 5.69 Å². The van der Waals surface area contributed by atoms with E-state index in [1.165, 1.54) is 10.6 Å². The maximum Gasteiger partial charge on any atom is 0.250 e. The summed E-state index contributed by atoms with van der Waals surface area (Å²) in [6.07, 6.45) is 1.61. The minimum Gasteiger partial charge on any atom is -0.323 e. The molecule has 1 aromatic carbocycles. The third-order valence-electron chi connectivity index (χ3n) is 3.03. The molecule has 0 fully saturated rings. The van der Waals surface area contributed by atoms with Crippen LogP contribution in [0.1, 0.15) is 18.5 Å². The zero-order chi connectivity index (χ0) is 14.5. The van der Waals surface area contributed by atoms with E-state index in [1.54, 1.807) is 24.4 Å². The maximum atomic E-state index is 12.1. The molecule has 5 nitrogen and oxygen atoms in total. The molecule has 0 saturated carbocycles. The van der Waals surface area contributed by atoms with Gasteiger partial charge >= 0.3 is 0 Å². The molecule has 1 atom stereocenters. The first-order valence-corrected chi connectivity index (χ1v) is 6.43. The Morgan fingerprint density at radius 1 is 1.25 bits per heavy atom. The number of pyridine rings is 1. The summed E-state index contributed by atoms with van der Waals surface area (Å²) in [5.74, 6) is -0.308. The highest BCUT2D eigenvalue weighted by Gasteiger charge is 2.15. The van der Waals surface area contributed by atoms with Crippen molar-refractivity contribution < 1.29 is 4.79 Å². The molecule has 3 N–H and O–H groups in total. The maximum absolute atomic E-state index is 12.1. The number of hydrogen-bond acceptors (Lipinski definition) is 3. The number of rotatable bonds is 4. The van der Waals surface area contributed by atoms with Crippen molar-refractivity contribution in [3.05, 3.63) is 64.6 Å². The van der Waals surface area contributed by atoms with Gasteiger partial charge in [0.2, 0.25) is 5.91 Å². The van der Waals surface area contributed by atoms with Gasteiger partial charge in [-0.2, -0.15) is 0 Å². The van der Waals surface area contributed by atoms with Crippen LogP contribution in [0.25, 0.3) is 0 Å². The molecule has 0 aliphatic heterocycles. The van der Waals surface area contributed by atoms with E-state index >= 15 is 0 Å². The number of nitrogens with two attached hydrogens (primary N) is 1. The smallest absolute Gasteiger partial charge is 0.250 e. The summed E-state index contributed by atoms with van der Waals surface area (Å²) in [4.78, 5) is 23.5. The van der Waals surface area contributed by atoms with Crippen molar-refractivity contribution in [2.24, 2.45) is 5.73 Å². The first-order chi connectivity index (χ1) is 9.61. The lowest BCUT2D eigenvalue weighted by atomic mass is 10.1. The number of carbonyl (C=O) groups excluding carboxylic acids is 1. The fraction of sp³-hybridized carbons (Fsp3) is 0.200. The summed E-state index contributed by atoms with van der Waals surface area (Å²) in [5.41, 5.74) is 7.11. The standard InChI is InChI=1S/C15H17N3O2/c1-2-18-10-12(8-9-13(18)19)17-15(20)14(16)11-6-4-3-5-7-11/h3-10,14H,2,16H2,1H3,(H,17,20)/t14-/m0/s1. The van der Waals surface area contributed by atoms with Gasteiger partial charge in [0.25, 0.3) is 5.56 Å². The van der Waals surface area contributed by atoms with Gasteiger partial charge in [-0.15, -0.1) is 0 Å². The van der Waals surface area contributed by atoms with E-state index in [2.05, 4.69) is 5.32 Å². The predicted octanol–water partition coefficient (Wildman–Crippen LogP) is 1.51. The van der Waals surface area contributed by atoms with Crippen LogP contribution in [0.15, 0.2) is 53.5 Å². The number of hydrogen-bond donors (Lipinski definition) is 2. The van der Waals surface area contributed by atoms with Gasteiger partial charge in [0.1, 0.15) is 6.04 Å². The zero-order valence-electron chi connectivity index (χ0n) is 11.2. The molecule has 20 heavy (non-hydrogen) atoms. The highest BCUT2D eigenvalue weighted by molar-refractivity contribution is 5.95. The van der Waals surface area contributed by atoms with Crippen LogP contribution in [0.4, 0.5) is 5.69 Å². The molecule has 1 aromatic heterocycles. The van der Waals surface area contributed by atoms with Crippen LogP contribution >= 0.6 is 0 Å². The van der Waals surface area contributed by atoms with E-state index in [9.17, 15) is 9.59 Å². The van der Waals surface area contributed by atoms with E-state index in [4.69, 9.17) is 5.73 Å². The fourth-order valence-corrected chi connectivity index (χ4v) is 1.88. The number of nitrogens with zero attached hydrogens (tertiary/aromatic N) is 1. The lowest BCUT2D eigenvalue weighted by Gasteiger charge is -2.13. The molecular weight excluding hydrogens is 254 g/mol. The molecule has 0 saturated heterocycles. The van der Waals surface area contributed by atoms with Crippen LogP contribution in [-0.2, 0) is 11.3 Å². The summed E-state index contributed by atoms with van der Waals surface area (Å²) in [6, 6.07) is 11.4. The Bertz CT molecular complexity index is 650. The van der Waals surface area contributed by atoms with Crippen LogP contribution in [0.2, 0.25) is 0 Å². The molecule has 0 bridgehead atoms. The van der Waals surface area contributed by atoms with Gasteiger partial charge in [-0.3, -0.25) is 9.59 Å². The SMILES string of the molecule is CCn1cc(NC(=O)[C@@H](N)c2ccccc2)ccc1=O. The van der Waals surface area contributed by atoms with Crippen LogP contribution in [0.3, 0.4) is 0 Å². The van der Waals surface area contributed by atoms with Gasteiger partial charge in [0, 0.05) is 18.8 Å². The van der Waals surface area contributed by atoms with Gasteiger partial charge in [-0.1, -0.05) is 30.3 Å². The van der Waals surface area contributed by atoms with Crippen molar-refractivity contribution in [3.63, 3.8) is 0 Å². The van der Waals surface area contributed by atoms with Crippen molar-refractivity contribution in [3.8, 4) is 0 Å². The topological polar surface area (TPSA) is 77.1 Å². The minimum absolute atomic E-state index is 0.0992. The number of aryl methyl sites for hydroxylation is 1. The Hall–Kier alpha value is -2.40. The number of amides is 1.